The van der Waals surface area contributed by atoms with E-state index < -0.39 is 0 Å². The molecule has 4 atom stereocenters. The largest absolute Gasteiger partial charge is 0.0853 e. The van der Waals surface area contributed by atoms with Crippen molar-refractivity contribution in [3.8, 4) is 0 Å². The predicted molar refractivity (Wildman–Crippen MR) is 66.7 cm³/mol. The zero-order valence-corrected chi connectivity index (χ0v) is 10.8. The van der Waals surface area contributed by atoms with Crippen LogP contribution in [0.15, 0.2) is 11.6 Å². The van der Waals surface area contributed by atoms with Crippen LogP contribution in [-0.4, -0.2) is 0 Å². The summed E-state index contributed by atoms with van der Waals surface area (Å²) in [5.41, 5.74) is 1.65. The molecular weight excluding hydrogens is 180 g/mol. The van der Waals surface area contributed by atoms with Gasteiger partial charge in [-0.2, -0.15) is 0 Å². The number of allylic oxidation sites excluding steroid dienone is 2. The maximum absolute atomic E-state index is 2.50. The van der Waals surface area contributed by atoms with E-state index in [2.05, 4.69) is 33.8 Å². The van der Waals surface area contributed by atoms with Gasteiger partial charge in [-0.25, -0.2) is 0 Å². The van der Waals surface area contributed by atoms with Crippen LogP contribution in [0.5, 0.6) is 0 Å². The van der Waals surface area contributed by atoms with Crippen LogP contribution >= 0.6 is 0 Å². The second-order valence-electron chi connectivity index (χ2n) is 6.28. The van der Waals surface area contributed by atoms with E-state index in [0.717, 1.165) is 29.6 Å². The maximum Gasteiger partial charge on any atom is -0.0289 e. The normalized spacial score (nSPS) is 41.3. The zero-order valence-electron chi connectivity index (χ0n) is 10.8. The average Bonchev–Trinajstić information content (AvgIpc) is 2.17. The van der Waals surface area contributed by atoms with E-state index in [1.54, 1.807) is 5.57 Å². The fourth-order valence-electron chi connectivity index (χ4n) is 3.95. The molecule has 2 aliphatic rings. The molecule has 0 amide bonds. The second-order valence-corrected chi connectivity index (χ2v) is 6.28. The average molecular weight is 206 g/mol. The van der Waals surface area contributed by atoms with Crippen molar-refractivity contribution in [2.45, 2.75) is 53.4 Å². The molecule has 1 fully saturated rings. The Morgan fingerprint density at radius 1 is 1.20 bits per heavy atom. The summed E-state index contributed by atoms with van der Waals surface area (Å²) < 4.78 is 0. The fourth-order valence-corrected chi connectivity index (χ4v) is 3.95. The molecule has 0 aromatic heterocycles. The van der Waals surface area contributed by atoms with Crippen molar-refractivity contribution >= 4 is 0 Å². The van der Waals surface area contributed by atoms with Gasteiger partial charge in [0.2, 0.25) is 0 Å². The molecule has 0 heteroatoms. The van der Waals surface area contributed by atoms with E-state index in [4.69, 9.17) is 0 Å². The third-order valence-electron chi connectivity index (χ3n) is 4.94. The first-order valence-electron chi connectivity index (χ1n) is 6.75. The summed E-state index contributed by atoms with van der Waals surface area (Å²) in [6.45, 7) is 9.65. The van der Waals surface area contributed by atoms with Crippen molar-refractivity contribution in [2.75, 3.05) is 0 Å². The lowest BCUT2D eigenvalue weighted by atomic mass is 9.59. The number of hydrogen-bond acceptors (Lipinski definition) is 0. The SMILES string of the molecule is CC1=CC[C@@H]2C(C)CC[C@@H](C(C)C)[C@@H]2C1. The summed E-state index contributed by atoms with van der Waals surface area (Å²) in [5, 5.41) is 0. The van der Waals surface area contributed by atoms with Crippen molar-refractivity contribution < 1.29 is 0 Å². The molecule has 15 heavy (non-hydrogen) atoms. The standard InChI is InChI=1S/C15H26/c1-10(2)13-8-6-12(4)14-7-5-11(3)9-15(13)14/h5,10,12-15H,6-9H2,1-4H3/t12?,13-,14+,15-/m0/s1. The first-order valence-corrected chi connectivity index (χ1v) is 6.75. The molecular formula is C15H26. The Morgan fingerprint density at radius 3 is 2.60 bits per heavy atom. The van der Waals surface area contributed by atoms with Crippen LogP contribution in [0.3, 0.4) is 0 Å². The van der Waals surface area contributed by atoms with E-state index in [1.807, 2.05) is 0 Å². The minimum atomic E-state index is 0.885. The molecule has 2 rings (SSSR count). The van der Waals surface area contributed by atoms with Crippen molar-refractivity contribution in [2.24, 2.45) is 29.6 Å². The summed E-state index contributed by atoms with van der Waals surface area (Å²) >= 11 is 0. The topological polar surface area (TPSA) is 0 Å². The van der Waals surface area contributed by atoms with Crippen LogP contribution in [0.1, 0.15) is 53.4 Å². The van der Waals surface area contributed by atoms with Crippen LogP contribution in [0.25, 0.3) is 0 Å². The van der Waals surface area contributed by atoms with E-state index in [9.17, 15) is 0 Å². The molecule has 0 aromatic rings. The number of rotatable bonds is 1. The quantitative estimate of drug-likeness (QED) is 0.547. The van der Waals surface area contributed by atoms with Gasteiger partial charge in [0.05, 0.1) is 0 Å². The molecule has 2 aliphatic carbocycles. The molecule has 1 saturated carbocycles. The Kier molecular flexibility index (Phi) is 3.23. The molecule has 0 spiro atoms. The van der Waals surface area contributed by atoms with Gasteiger partial charge in [-0.1, -0.05) is 38.8 Å². The van der Waals surface area contributed by atoms with Crippen molar-refractivity contribution in [3.63, 3.8) is 0 Å². The summed E-state index contributed by atoms with van der Waals surface area (Å²) in [4.78, 5) is 0. The molecule has 0 aromatic carbocycles. The minimum absolute atomic E-state index is 0.885. The fraction of sp³-hybridized carbons (Fsp3) is 0.867. The highest BCUT2D eigenvalue weighted by molar-refractivity contribution is 5.08. The van der Waals surface area contributed by atoms with Crippen LogP contribution in [0.4, 0.5) is 0 Å². The smallest absolute Gasteiger partial charge is 0.0289 e. The van der Waals surface area contributed by atoms with Gasteiger partial charge in [0.15, 0.2) is 0 Å². The zero-order chi connectivity index (χ0) is 11.0. The number of fused-ring (bicyclic) bond motifs is 1. The van der Waals surface area contributed by atoms with Crippen molar-refractivity contribution in [3.05, 3.63) is 11.6 Å². The van der Waals surface area contributed by atoms with Crippen LogP contribution in [0, 0.1) is 29.6 Å². The Labute approximate surface area is 95.1 Å². The highest BCUT2D eigenvalue weighted by Crippen LogP contribution is 2.48. The van der Waals surface area contributed by atoms with E-state index in [1.165, 1.54) is 25.7 Å². The van der Waals surface area contributed by atoms with E-state index in [-0.39, 0.29) is 0 Å². The molecule has 1 unspecified atom stereocenters. The van der Waals surface area contributed by atoms with E-state index in [0.29, 0.717) is 0 Å². The minimum Gasteiger partial charge on any atom is -0.0853 e. The van der Waals surface area contributed by atoms with Crippen molar-refractivity contribution in [1.82, 2.24) is 0 Å². The van der Waals surface area contributed by atoms with Gasteiger partial charge in [-0.05, 0) is 55.8 Å². The Morgan fingerprint density at radius 2 is 1.93 bits per heavy atom. The lowest BCUT2D eigenvalue weighted by Crippen LogP contribution is -2.37. The first-order chi connectivity index (χ1) is 7.09. The third-order valence-corrected chi connectivity index (χ3v) is 4.94. The maximum atomic E-state index is 2.50. The summed E-state index contributed by atoms with van der Waals surface area (Å²) in [6, 6.07) is 0. The van der Waals surface area contributed by atoms with Crippen LogP contribution in [-0.2, 0) is 0 Å². The van der Waals surface area contributed by atoms with Gasteiger partial charge in [-0.3, -0.25) is 0 Å². The van der Waals surface area contributed by atoms with Crippen molar-refractivity contribution in [1.29, 1.82) is 0 Å². The van der Waals surface area contributed by atoms with Gasteiger partial charge >= 0.3 is 0 Å². The second kappa shape index (κ2) is 4.31. The Balaban J connectivity index is 2.17. The van der Waals surface area contributed by atoms with Gasteiger partial charge < -0.3 is 0 Å². The summed E-state index contributed by atoms with van der Waals surface area (Å²) in [7, 11) is 0. The summed E-state index contributed by atoms with van der Waals surface area (Å²) in [6.07, 6.45) is 8.20. The third kappa shape index (κ3) is 2.14. The van der Waals surface area contributed by atoms with Crippen LogP contribution in [0.2, 0.25) is 0 Å². The Hall–Kier alpha value is -0.260. The molecule has 0 saturated heterocycles. The molecule has 0 aliphatic heterocycles. The van der Waals surface area contributed by atoms with Gasteiger partial charge in [0, 0.05) is 0 Å². The molecule has 0 bridgehead atoms. The number of hydrogen-bond donors (Lipinski definition) is 0. The summed E-state index contributed by atoms with van der Waals surface area (Å²) in [5.74, 6) is 4.84. The van der Waals surface area contributed by atoms with E-state index >= 15 is 0 Å². The van der Waals surface area contributed by atoms with Gasteiger partial charge in [-0.15, -0.1) is 0 Å². The lowest BCUT2D eigenvalue weighted by molar-refractivity contribution is 0.0647. The Bertz CT molecular complexity index is 249. The molecule has 0 heterocycles. The highest BCUT2D eigenvalue weighted by Gasteiger charge is 2.39. The van der Waals surface area contributed by atoms with Gasteiger partial charge in [0.1, 0.15) is 0 Å². The monoisotopic (exact) mass is 206 g/mol. The van der Waals surface area contributed by atoms with Crippen LogP contribution < -0.4 is 0 Å². The lowest BCUT2D eigenvalue weighted by Gasteiger charge is -2.46. The first kappa shape index (κ1) is 11.2. The molecule has 86 valence electrons. The molecule has 0 radical (unpaired) electrons. The predicted octanol–water partition coefficient (Wildman–Crippen LogP) is 4.66. The molecule has 0 nitrogen and oxygen atoms in total. The highest BCUT2D eigenvalue weighted by atomic mass is 14.4. The molecule has 0 N–H and O–H groups in total. The van der Waals surface area contributed by atoms with Gasteiger partial charge in [0.25, 0.3) is 0 Å².